The quantitative estimate of drug-likeness (QED) is 0.391. The molecule has 1 heterocycles. The summed E-state index contributed by atoms with van der Waals surface area (Å²) in [7, 11) is 2.97. The number of carbonyl (C=O) groups is 2. The van der Waals surface area contributed by atoms with Crippen LogP contribution in [0.2, 0.25) is 0 Å². The molecule has 2 aromatic carbocycles. The maximum Gasteiger partial charge on any atom is 0.330 e. The molecule has 202 valence electrons. The van der Waals surface area contributed by atoms with Crippen molar-refractivity contribution in [3.63, 3.8) is 0 Å². The zero-order chi connectivity index (χ0) is 26.8. The van der Waals surface area contributed by atoms with Crippen molar-refractivity contribution in [2.24, 2.45) is 0 Å². The van der Waals surface area contributed by atoms with Crippen molar-refractivity contribution in [3.05, 3.63) is 53.3 Å². The fraction of sp³-hybridized carbons (Fsp3) is 0.483. The van der Waals surface area contributed by atoms with Gasteiger partial charge in [0.2, 0.25) is 0 Å². The van der Waals surface area contributed by atoms with E-state index in [1.807, 2.05) is 6.07 Å². The van der Waals surface area contributed by atoms with Gasteiger partial charge in [-0.05, 0) is 61.6 Å². The third-order valence-electron chi connectivity index (χ3n) is 7.99. The molecule has 3 N–H and O–H groups in total. The van der Waals surface area contributed by atoms with Crippen LogP contribution in [0.15, 0.2) is 36.4 Å². The van der Waals surface area contributed by atoms with Gasteiger partial charge in [-0.15, -0.1) is 0 Å². The number of hydrogen-bond acceptors (Lipinski definition) is 6. The van der Waals surface area contributed by atoms with Crippen molar-refractivity contribution in [2.45, 2.75) is 75.5 Å². The number of aromatic nitrogens is 2. The number of methoxy groups -OCH3 is 2. The van der Waals surface area contributed by atoms with E-state index < -0.39 is 24.0 Å². The number of aliphatic hydroxyl groups excluding tert-OH is 1. The molecule has 2 saturated carbocycles. The first-order chi connectivity index (χ1) is 18.4. The monoisotopic (exact) mass is 521 g/mol. The Morgan fingerprint density at radius 3 is 2.37 bits per heavy atom. The molecule has 2 fully saturated rings. The molecule has 38 heavy (non-hydrogen) atoms. The molecule has 9 nitrogen and oxygen atoms in total. The first-order valence-electron chi connectivity index (χ1n) is 13.4. The van der Waals surface area contributed by atoms with Crippen molar-refractivity contribution in [2.75, 3.05) is 14.2 Å². The highest BCUT2D eigenvalue weighted by atomic mass is 16.5. The van der Waals surface area contributed by atoms with Crippen LogP contribution >= 0.6 is 0 Å². The second-order valence-corrected chi connectivity index (χ2v) is 10.3. The third-order valence-corrected chi connectivity index (χ3v) is 7.99. The van der Waals surface area contributed by atoms with Crippen LogP contribution in [-0.2, 0) is 4.79 Å². The van der Waals surface area contributed by atoms with Crippen molar-refractivity contribution in [1.82, 2.24) is 14.9 Å². The number of aliphatic carboxylic acids is 1. The minimum Gasteiger partial charge on any atom is -0.493 e. The molecule has 9 heteroatoms. The summed E-state index contributed by atoms with van der Waals surface area (Å²) in [6, 6.07) is 8.76. The predicted molar refractivity (Wildman–Crippen MR) is 142 cm³/mol. The number of aliphatic hydroxyl groups is 1. The van der Waals surface area contributed by atoms with E-state index in [0.717, 1.165) is 49.9 Å². The number of carbonyl (C=O) groups excluding carboxylic acids is 1. The average molecular weight is 522 g/mol. The molecule has 1 aromatic heterocycles. The molecule has 0 saturated heterocycles. The third kappa shape index (κ3) is 4.95. The number of nitrogens with one attached hydrogen (secondary N) is 1. The van der Waals surface area contributed by atoms with Crippen molar-refractivity contribution in [1.29, 1.82) is 0 Å². The molecule has 0 aliphatic heterocycles. The minimum absolute atomic E-state index is 0.0227. The largest absolute Gasteiger partial charge is 0.493 e. The summed E-state index contributed by atoms with van der Waals surface area (Å²) < 4.78 is 12.8. The second-order valence-electron chi connectivity index (χ2n) is 10.3. The van der Waals surface area contributed by atoms with Crippen LogP contribution in [0.1, 0.15) is 91.1 Å². The highest BCUT2D eigenvalue weighted by molar-refractivity contribution is 5.99. The molecule has 0 spiro atoms. The summed E-state index contributed by atoms with van der Waals surface area (Å²) in [6.45, 7) is 0. The van der Waals surface area contributed by atoms with Gasteiger partial charge in [-0.25, -0.2) is 9.78 Å². The predicted octanol–water partition coefficient (Wildman–Crippen LogP) is 4.74. The number of benzene rings is 2. The first kappa shape index (κ1) is 26.0. The zero-order valence-electron chi connectivity index (χ0n) is 21.9. The van der Waals surface area contributed by atoms with E-state index in [-0.39, 0.29) is 6.04 Å². The van der Waals surface area contributed by atoms with Crippen molar-refractivity contribution < 1.29 is 29.3 Å². The van der Waals surface area contributed by atoms with Crippen LogP contribution in [0.25, 0.3) is 11.0 Å². The summed E-state index contributed by atoms with van der Waals surface area (Å²) >= 11 is 0. The summed E-state index contributed by atoms with van der Waals surface area (Å²) in [5, 5.41) is 23.4. The lowest BCUT2D eigenvalue weighted by Gasteiger charge is -2.31. The maximum atomic E-state index is 13.3. The molecule has 1 unspecified atom stereocenters. The number of carboxylic acids is 1. The van der Waals surface area contributed by atoms with Crippen LogP contribution < -0.4 is 14.8 Å². The molecule has 1 amide bonds. The number of amides is 1. The summed E-state index contributed by atoms with van der Waals surface area (Å²) in [4.78, 5) is 30.3. The van der Waals surface area contributed by atoms with Crippen LogP contribution in [0, 0.1) is 0 Å². The number of fused-ring (bicyclic) bond motifs is 1. The van der Waals surface area contributed by atoms with Gasteiger partial charge in [-0.2, -0.15) is 0 Å². The van der Waals surface area contributed by atoms with E-state index in [2.05, 4.69) is 9.88 Å². The lowest BCUT2D eigenvalue weighted by Crippen LogP contribution is -2.33. The van der Waals surface area contributed by atoms with E-state index in [1.165, 1.54) is 27.1 Å². The van der Waals surface area contributed by atoms with Crippen LogP contribution in [0.5, 0.6) is 11.5 Å². The standard InChI is InChI=1S/C29H35N3O6/c1-37-24-14-12-18(16-25(24)38-2)26(29(35)36)31-28(34)19-11-13-21-20(15-19)30-27(17-7-3-4-8-17)32(21)22-9-5-6-10-23(22)33/h11-17,22-23,26,33H,3-10H2,1-2H3,(H,31,34)(H,35,36)/t22-,23-,26?/m1/s1. The Kier molecular flexibility index (Phi) is 7.56. The summed E-state index contributed by atoms with van der Waals surface area (Å²) in [5.41, 5.74) is 2.29. The van der Waals surface area contributed by atoms with Gasteiger partial charge < -0.3 is 29.6 Å². The summed E-state index contributed by atoms with van der Waals surface area (Å²) in [6.07, 6.45) is 7.85. The molecule has 0 radical (unpaired) electrons. The number of hydrogen-bond donors (Lipinski definition) is 3. The number of rotatable bonds is 8. The lowest BCUT2D eigenvalue weighted by molar-refractivity contribution is -0.139. The minimum atomic E-state index is -1.28. The Hall–Kier alpha value is -3.59. The zero-order valence-corrected chi connectivity index (χ0v) is 21.9. The molecule has 3 atom stereocenters. The van der Waals surface area contributed by atoms with E-state index >= 15 is 0 Å². The Bertz CT molecular complexity index is 1330. The fourth-order valence-corrected chi connectivity index (χ4v) is 6.01. The number of carboxylic acid groups (broad SMARTS) is 1. The molecule has 3 aromatic rings. The van der Waals surface area contributed by atoms with Gasteiger partial charge in [0.15, 0.2) is 17.5 Å². The van der Waals surface area contributed by atoms with Gasteiger partial charge in [0.25, 0.3) is 5.91 Å². The Labute approximate surface area is 221 Å². The Balaban J connectivity index is 1.47. The van der Waals surface area contributed by atoms with E-state index in [4.69, 9.17) is 14.5 Å². The fourth-order valence-electron chi connectivity index (χ4n) is 6.01. The van der Waals surface area contributed by atoms with Gasteiger partial charge in [0.1, 0.15) is 5.82 Å². The van der Waals surface area contributed by atoms with Gasteiger partial charge in [0, 0.05) is 11.5 Å². The molecule has 2 aliphatic rings. The molecule has 0 bridgehead atoms. The van der Waals surface area contributed by atoms with Crippen molar-refractivity contribution >= 4 is 22.9 Å². The molecule has 5 rings (SSSR count). The number of ether oxygens (including phenoxy) is 2. The van der Waals surface area contributed by atoms with Gasteiger partial charge in [-0.1, -0.05) is 31.7 Å². The lowest BCUT2D eigenvalue weighted by atomic mass is 9.91. The smallest absolute Gasteiger partial charge is 0.330 e. The van der Waals surface area contributed by atoms with E-state index in [9.17, 15) is 19.8 Å². The maximum absolute atomic E-state index is 13.3. The second kappa shape index (κ2) is 11.0. The Morgan fingerprint density at radius 1 is 0.974 bits per heavy atom. The van der Waals surface area contributed by atoms with Gasteiger partial charge in [0.05, 0.1) is 37.4 Å². The molecule has 2 aliphatic carbocycles. The molecular weight excluding hydrogens is 486 g/mol. The van der Waals surface area contributed by atoms with Crippen LogP contribution in [-0.4, -0.2) is 52.0 Å². The van der Waals surface area contributed by atoms with E-state index in [0.29, 0.717) is 34.1 Å². The van der Waals surface area contributed by atoms with Crippen molar-refractivity contribution in [3.8, 4) is 11.5 Å². The highest BCUT2D eigenvalue weighted by Gasteiger charge is 2.32. The van der Waals surface area contributed by atoms with E-state index in [1.54, 1.807) is 30.3 Å². The normalized spacial score (nSPS) is 20.8. The topological polar surface area (TPSA) is 123 Å². The number of imidazole rings is 1. The SMILES string of the molecule is COc1ccc(C(NC(=O)c2ccc3c(c2)nc(C2CCCC2)n3[C@@H]2CCCC[C@H]2O)C(=O)O)cc1OC. The van der Waals surface area contributed by atoms with Gasteiger partial charge >= 0.3 is 5.97 Å². The van der Waals surface area contributed by atoms with Crippen LogP contribution in [0.3, 0.4) is 0 Å². The molecular formula is C29H35N3O6. The van der Waals surface area contributed by atoms with Crippen LogP contribution in [0.4, 0.5) is 0 Å². The highest BCUT2D eigenvalue weighted by Crippen LogP contribution is 2.40. The average Bonchev–Trinajstić information content (AvgIpc) is 3.59. The summed E-state index contributed by atoms with van der Waals surface area (Å²) in [5.74, 6) is 0.482. The number of nitrogens with zero attached hydrogens (tertiary/aromatic N) is 2. The van der Waals surface area contributed by atoms with Gasteiger partial charge in [-0.3, -0.25) is 4.79 Å². The first-order valence-corrected chi connectivity index (χ1v) is 13.4. The Morgan fingerprint density at radius 2 is 1.68 bits per heavy atom.